The first kappa shape index (κ1) is 20.6. The second kappa shape index (κ2) is 7.30. The standard InChI is InChI=1S/C33H19N5O/c39-32-22-13-4-6-14-25(22)35-33-37-28-17-9-7-15-26(28)34-31(37)24-19-29-23(18-30(24)38(32)33)21-12-5-8-16-27(21)36(29)20-10-2-1-3-11-20/h1-19H. The maximum absolute atomic E-state index is 14.1. The highest BCUT2D eigenvalue weighted by atomic mass is 16.1. The van der Waals surface area contributed by atoms with Gasteiger partial charge in [0.15, 0.2) is 0 Å². The summed E-state index contributed by atoms with van der Waals surface area (Å²) in [5.41, 5.74) is 7.17. The molecule has 0 aliphatic heterocycles. The molecule has 0 unspecified atom stereocenters. The Balaban J connectivity index is 1.61. The van der Waals surface area contributed by atoms with Gasteiger partial charge in [-0.05, 0) is 54.6 Å². The van der Waals surface area contributed by atoms with Gasteiger partial charge in [0, 0.05) is 21.8 Å². The zero-order valence-corrected chi connectivity index (χ0v) is 20.6. The van der Waals surface area contributed by atoms with Gasteiger partial charge in [0.25, 0.3) is 5.56 Å². The minimum absolute atomic E-state index is 0.0913. The molecule has 182 valence electrons. The molecule has 0 aliphatic carbocycles. The summed E-state index contributed by atoms with van der Waals surface area (Å²) in [7, 11) is 0. The summed E-state index contributed by atoms with van der Waals surface area (Å²) in [4.78, 5) is 24.2. The SMILES string of the molecule is O=c1c2ccccc2nc2n1c1cc3c4ccccc4n(-c4ccccc4)c3cc1c1nc3ccccc3n12. The maximum atomic E-state index is 14.1. The quantitative estimate of drug-likeness (QED) is 0.182. The molecule has 9 aromatic rings. The van der Waals surface area contributed by atoms with Crippen LogP contribution in [0.4, 0.5) is 0 Å². The van der Waals surface area contributed by atoms with Crippen molar-refractivity contribution in [3.8, 4) is 5.69 Å². The molecule has 0 saturated heterocycles. The molecule has 0 atom stereocenters. The van der Waals surface area contributed by atoms with Crippen molar-refractivity contribution in [3.63, 3.8) is 0 Å². The molecule has 4 heterocycles. The molecule has 0 fully saturated rings. The molecule has 0 amide bonds. The highest BCUT2D eigenvalue weighted by Gasteiger charge is 2.20. The Hall–Kier alpha value is -5.49. The number of aromatic nitrogens is 5. The van der Waals surface area contributed by atoms with E-state index in [0.717, 1.165) is 55.1 Å². The lowest BCUT2D eigenvalue weighted by molar-refractivity contribution is 1.05. The smallest absolute Gasteiger partial charge is 0.267 e. The van der Waals surface area contributed by atoms with Crippen LogP contribution in [-0.4, -0.2) is 23.3 Å². The van der Waals surface area contributed by atoms with Crippen LogP contribution in [0.3, 0.4) is 0 Å². The highest BCUT2D eigenvalue weighted by molar-refractivity contribution is 6.15. The molecular formula is C33H19N5O. The monoisotopic (exact) mass is 501 g/mol. The fourth-order valence-electron chi connectivity index (χ4n) is 6.12. The molecule has 6 heteroatoms. The summed E-state index contributed by atoms with van der Waals surface area (Å²) >= 11 is 0. The Bertz CT molecular complexity index is 2520. The maximum Gasteiger partial charge on any atom is 0.267 e. The molecule has 9 rings (SSSR count). The van der Waals surface area contributed by atoms with Crippen molar-refractivity contribution >= 4 is 66.1 Å². The summed E-state index contributed by atoms with van der Waals surface area (Å²) in [6.07, 6.45) is 0. The van der Waals surface area contributed by atoms with Crippen LogP contribution in [0.15, 0.2) is 120 Å². The number of rotatable bonds is 1. The van der Waals surface area contributed by atoms with E-state index in [1.807, 2.05) is 59.0 Å². The fraction of sp³-hybridized carbons (Fsp3) is 0. The van der Waals surface area contributed by atoms with E-state index in [-0.39, 0.29) is 5.56 Å². The number of hydrogen-bond donors (Lipinski definition) is 0. The molecule has 5 aromatic carbocycles. The molecule has 0 spiro atoms. The molecule has 4 aromatic heterocycles. The van der Waals surface area contributed by atoms with Gasteiger partial charge >= 0.3 is 0 Å². The van der Waals surface area contributed by atoms with E-state index in [2.05, 4.69) is 65.2 Å². The second-order valence-corrected chi connectivity index (χ2v) is 9.90. The average Bonchev–Trinajstić information content (AvgIpc) is 3.53. The topological polar surface area (TPSA) is 56.6 Å². The summed E-state index contributed by atoms with van der Waals surface area (Å²) in [6, 6.07) is 38.7. The van der Waals surface area contributed by atoms with E-state index in [4.69, 9.17) is 9.97 Å². The number of fused-ring (bicyclic) bond motifs is 12. The van der Waals surface area contributed by atoms with Crippen molar-refractivity contribution in [2.45, 2.75) is 0 Å². The molecular weight excluding hydrogens is 482 g/mol. The lowest BCUT2D eigenvalue weighted by Crippen LogP contribution is -2.18. The molecule has 0 bridgehead atoms. The lowest BCUT2D eigenvalue weighted by Gasteiger charge is -2.12. The van der Waals surface area contributed by atoms with Crippen molar-refractivity contribution in [2.75, 3.05) is 0 Å². The van der Waals surface area contributed by atoms with Gasteiger partial charge in [0.05, 0.1) is 38.5 Å². The van der Waals surface area contributed by atoms with Gasteiger partial charge < -0.3 is 4.57 Å². The van der Waals surface area contributed by atoms with E-state index in [0.29, 0.717) is 16.7 Å². The zero-order chi connectivity index (χ0) is 25.7. The zero-order valence-electron chi connectivity index (χ0n) is 20.6. The van der Waals surface area contributed by atoms with Gasteiger partial charge in [0.2, 0.25) is 5.78 Å². The highest BCUT2D eigenvalue weighted by Crippen LogP contribution is 2.36. The minimum atomic E-state index is -0.0913. The van der Waals surface area contributed by atoms with Crippen molar-refractivity contribution in [1.82, 2.24) is 23.3 Å². The lowest BCUT2D eigenvalue weighted by atomic mass is 10.1. The Morgan fingerprint density at radius 2 is 1.15 bits per heavy atom. The van der Waals surface area contributed by atoms with Gasteiger partial charge in [0.1, 0.15) is 5.65 Å². The van der Waals surface area contributed by atoms with Gasteiger partial charge in [-0.2, -0.15) is 0 Å². The van der Waals surface area contributed by atoms with Crippen molar-refractivity contribution < 1.29 is 0 Å². The second-order valence-electron chi connectivity index (χ2n) is 9.90. The first-order chi connectivity index (χ1) is 19.3. The Kier molecular flexibility index (Phi) is 3.85. The van der Waals surface area contributed by atoms with Crippen molar-refractivity contribution in [2.24, 2.45) is 0 Å². The molecule has 39 heavy (non-hydrogen) atoms. The van der Waals surface area contributed by atoms with E-state index in [1.165, 1.54) is 0 Å². The Morgan fingerprint density at radius 3 is 2.00 bits per heavy atom. The van der Waals surface area contributed by atoms with Gasteiger partial charge in [-0.3, -0.25) is 9.20 Å². The summed E-state index contributed by atoms with van der Waals surface area (Å²) in [6.45, 7) is 0. The first-order valence-electron chi connectivity index (χ1n) is 12.9. The number of imidazole rings is 1. The van der Waals surface area contributed by atoms with Gasteiger partial charge in [-0.1, -0.05) is 60.7 Å². The Morgan fingerprint density at radius 1 is 0.487 bits per heavy atom. The van der Waals surface area contributed by atoms with E-state index >= 15 is 0 Å². The summed E-state index contributed by atoms with van der Waals surface area (Å²) < 4.78 is 6.06. The first-order valence-corrected chi connectivity index (χ1v) is 12.9. The van der Waals surface area contributed by atoms with Crippen LogP contribution in [0.2, 0.25) is 0 Å². The van der Waals surface area contributed by atoms with Crippen molar-refractivity contribution in [3.05, 3.63) is 126 Å². The number of para-hydroxylation sites is 5. The van der Waals surface area contributed by atoms with Crippen LogP contribution < -0.4 is 5.56 Å². The third-order valence-electron chi connectivity index (χ3n) is 7.81. The Labute approximate surface area is 220 Å². The van der Waals surface area contributed by atoms with Crippen LogP contribution in [0.25, 0.3) is 71.8 Å². The van der Waals surface area contributed by atoms with Crippen LogP contribution in [-0.2, 0) is 0 Å². The van der Waals surface area contributed by atoms with Crippen LogP contribution in [0.1, 0.15) is 0 Å². The van der Waals surface area contributed by atoms with Crippen LogP contribution in [0, 0.1) is 0 Å². The predicted molar refractivity (Wildman–Crippen MR) is 157 cm³/mol. The van der Waals surface area contributed by atoms with Crippen molar-refractivity contribution in [1.29, 1.82) is 0 Å². The average molecular weight is 502 g/mol. The van der Waals surface area contributed by atoms with E-state index < -0.39 is 0 Å². The third kappa shape index (κ3) is 2.62. The summed E-state index contributed by atoms with van der Waals surface area (Å²) in [5, 5.41) is 3.68. The number of hydrogen-bond acceptors (Lipinski definition) is 3. The summed E-state index contributed by atoms with van der Waals surface area (Å²) in [5.74, 6) is 0.557. The molecule has 6 nitrogen and oxygen atoms in total. The molecule has 0 saturated carbocycles. The normalized spacial score (nSPS) is 12.2. The molecule has 0 radical (unpaired) electrons. The van der Waals surface area contributed by atoms with E-state index in [1.54, 1.807) is 4.40 Å². The fourth-order valence-corrected chi connectivity index (χ4v) is 6.12. The molecule has 0 aliphatic rings. The number of benzene rings is 5. The van der Waals surface area contributed by atoms with Crippen LogP contribution in [0.5, 0.6) is 0 Å². The minimum Gasteiger partial charge on any atom is -0.309 e. The largest absolute Gasteiger partial charge is 0.309 e. The molecule has 0 N–H and O–H groups in total. The van der Waals surface area contributed by atoms with Gasteiger partial charge in [-0.25, -0.2) is 14.4 Å². The number of nitrogens with zero attached hydrogens (tertiary/aromatic N) is 5. The predicted octanol–water partition coefficient (Wildman–Crippen LogP) is 6.90. The van der Waals surface area contributed by atoms with E-state index in [9.17, 15) is 4.79 Å². The van der Waals surface area contributed by atoms with Crippen LogP contribution >= 0.6 is 0 Å². The van der Waals surface area contributed by atoms with Gasteiger partial charge in [-0.15, -0.1) is 0 Å². The third-order valence-corrected chi connectivity index (χ3v) is 7.81.